The highest BCUT2D eigenvalue weighted by molar-refractivity contribution is 6.32. The first-order valence-corrected chi connectivity index (χ1v) is 4.88. The van der Waals surface area contributed by atoms with Gasteiger partial charge in [-0.3, -0.25) is 4.79 Å². The van der Waals surface area contributed by atoms with Crippen molar-refractivity contribution in [3.05, 3.63) is 29.3 Å². The summed E-state index contributed by atoms with van der Waals surface area (Å²) in [5.41, 5.74) is 0. The lowest BCUT2D eigenvalue weighted by Gasteiger charge is -2.20. The van der Waals surface area contributed by atoms with Crippen LogP contribution >= 0.6 is 11.6 Å². The standard InChI is InChI=1S/C10H8ClF3O3/c11-6-3-1-2-4-7(6)17-8(5-9(15)16)10(12,13)14/h1-4,8H,5H2,(H,15,16). The highest BCUT2D eigenvalue weighted by atomic mass is 35.5. The lowest BCUT2D eigenvalue weighted by Crippen LogP contribution is -2.36. The molecule has 1 N–H and O–H groups in total. The highest BCUT2D eigenvalue weighted by Gasteiger charge is 2.43. The monoisotopic (exact) mass is 268 g/mol. The zero-order valence-corrected chi connectivity index (χ0v) is 9.13. The van der Waals surface area contributed by atoms with Gasteiger partial charge in [-0.1, -0.05) is 23.7 Å². The van der Waals surface area contributed by atoms with E-state index >= 15 is 0 Å². The summed E-state index contributed by atoms with van der Waals surface area (Å²) in [7, 11) is 0. The second-order valence-corrected chi connectivity index (χ2v) is 3.58. The first-order chi connectivity index (χ1) is 7.80. The number of benzene rings is 1. The largest absolute Gasteiger partial charge is 0.481 e. The number of carboxylic acids is 1. The number of para-hydroxylation sites is 1. The Balaban J connectivity index is 2.87. The number of ether oxygens (including phenoxy) is 1. The Morgan fingerprint density at radius 3 is 2.47 bits per heavy atom. The van der Waals surface area contributed by atoms with Crippen molar-refractivity contribution >= 4 is 17.6 Å². The van der Waals surface area contributed by atoms with Gasteiger partial charge in [-0.25, -0.2) is 0 Å². The summed E-state index contributed by atoms with van der Waals surface area (Å²) in [5.74, 6) is -1.79. The van der Waals surface area contributed by atoms with Gasteiger partial charge in [0.1, 0.15) is 5.75 Å². The zero-order valence-electron chi connectivity index (χ0n) is 8.37. The Morgan fingerprint density at radius 1 is 1.41 bits per heavy atom. The van der Waals surface area contributed by atoms with E-state index in [-0.39, 0.29) is 10.8 Å². The molecule has 0 saturated carbocycles. The molecular formula is C10H8ClF3O3. The molecule has 0 amide bonds. The van der Waals surface area contributed by atoms with Gasteiger partial charge in [-0.15, -0.1) is 0 Å². The third-order valence-electron chi connectivity index (χ3n) is 1.83. The van der Waals surface area contributed by atoms with E-state index < -0.39 is 24.7 Å². The summed E-state index contributed by atoms with van der Waals surface area (Å²) in [6, 6.07) is 5.55. The average Bonchev–Trinajstić information content (AvgIpc) is 2.18. The van der Waals surface area contributed by atoms with Crippen molar-refractivity contribution in [3.63, 3.8) is 0 Å². The van der Waals surface area contributed by atoms with Crippen LogP contribution in [0.25, 0.3) is 0 Å². The molecule has 1 aromatic carbocycles. The van der Waals surface area contributed by atoms with Crippen molar-refractivity contribution in [1.29, 1.82) is 0 Å². The summed E-state index contributed by atoms with van der Waals surface area (Å²) in [6.07, 6.45) is -8.35. The molecular weight excluding hydrogens is 261 g/mol. The molecule has 0 aliphatic carbocycles. The van der Waals surface area contributed by atoms with Crippen molar-refractivity contribution in [1.82, 2.24) is 0 Å². The lowest BCUT2D eigenvalue weighted by molar-refractivity contribution is -0.200. The Labute approximate surface area is 99.8 Å². The predicted molar refractivity (Wildman–Crippen MR) is 54.2 cm³/mol. The number of carboxylic acid groups (broad SMARTS) is 1. The maximum Gasteiger partial charge on any atom is 0.426 e. The first kappa shape index (κ1) is 13.6. The van der Waals surface area contributed by atoms with Gasteiger partial charge in [0.15, 0.2) is 0 Å². The summed E-state index contributed by atoms with van der Waals surface area (Å²) >= 11 is 5.62. The van der Waals surface area contributed by atoms with E-state index in [2.05, 4.69) is 4.74 Å². The van der Waals surface area contributed by atoms with E-state index in [1.54, 1.807) is 0 Å². The van der Waals surface area contributed by atoms with Gasteiger partial charge in [-0.2, -0.15) is 13.2 Å². The SMILES string of the molecule is O=C(O)CC(Oc1ccccc1Cl)C(F)(F)F. The van der Waals surface area contributed by atoms with E-state index in [1.165, 1.54) is 24.3 Å². The fraction of sp³-hybridized carbons (Fsp3) is 0.300. The Morgan fingerprint density at radius 2 is 2.00 bits per heavy atom. The Bertz CT molecular complexity index is 406. The second-order valence-electron chi connectivity index (χ2n) is 3.18. The molecule has 94 valence electrons. The fourth-order valence-electron chi connectivity index (χ4n) is 1.08. The van der Waals surface area contributed by atoms with Crippen LogP contribution < -0.4 is 4.74 Å². The number of rotatable bonds is 4. The molecule has 1 unspecified atom stereocenters. The molecule has 0 heterocycles. The summed E-state index contributed by atoms with van der Waals surface area (Å²) < 4.78 is 42.0. The number of alkyl halides is 3. The molecule has 0 radical (unpaired) electrons. The minimum atomic E-state index is -4.77. The minimum absolute atomic E-state index is 0.00728. The van der Waals surface area contributed by atoms with Gasteiger partial charge in [0.2, 0.25) is 6.10 Å². The maximum atomic E-state index is 12.5. The van der Waals surface area contributed by atoms with Gasteiger partial charge in [0.05, 0.1) is 11.4 Å². The van der Waals surface area contributed by atoms with Crippen LogP contribution in [-0.4, -0.2) is 23.4 Å². The molecule has 0 spiro atoms. The third kappa shape index (κ3) is 4.14. The molecule has 17 heavy (non-hydrogen) atoms. The van der Waals surface area contributed by atoms with Crippen LogP contribution in [-0.2, 0) is 4.79 Å². The minimum Gasteiger partial charge on any atom is -0.481 e. The summed E-state index contributed by atoms with van der Waals surface area (Å²) in [5, 5.41) is 8.37. The highest BCUT2D eigenvalue weighted by Crippen LogP contribution is 2.31. The average molecular weight is 269 g/mol. The second kappa shape index (κ2) is 5.27. The number of halogens is 4. The predicted octanol–water partition coefficient (Wildman–Crippen LogP) is 3.12. The van der Waals surface area contributed by atoms with E-state index in [4.69, 9.17) is 16.7 Å². The van der Waals surface area contributed by atoms with Crippen molar-refractivity contribution in [2.45, 2.75) is 18.7 Å². The molecule has 0 aromatic heterocycles. The number of carbonyl (C=O) groups is 1. The molecule has 0 fully saturated rings. The number of aliphatic carboxylic acids is 1. The molecule has 0 bridgehead atoms. The smallest absolute Gasteiger partial charge is 0.426 e. The first-order valence-electron chi connectivity index (χ1n) is 4.50. The molecule has 1 aromatic rings. The van der Waals surface area contributed by atoms with Crippen LogP contribution in [0.5, 0.6) is 5.75 Å². The van der Waals surface area contributed by atoms with Gasteiger partial charge in [0.25, 0.3) is 0 Å². The molecule has 0 aliphatic heterocycles. The van der Waals surface area contributed by atoms with E-state index in [9.17, 15) is 18.0 Å². The van der Waals surface area contributed by atoms with Crippen molar-refractivity contribution in [2.75, 3.05) is 0 Å². The molecule has 0 aliphatic rings. The van der Waals surface area contributed by atoms with Gasteiger partial charge in [-0.05, 0) is 12.1 Å². The number of hydrogen-bond acceptors (Lipinski definition) is 2. The summed E-state index contributed by atoms with van der Waals surface area (Å²) in [6.45, 7) is 0. The fourth-order valence-corrected chi connectivity index (χ4v) is 1.26. The lowest BCUT2D eigenvalue weighted by atomic mass is 10.2. The molecule has 0 saturated heterocycles. The van der Waals surface area contributed by atoms with Crippen LogP contribution in [0.4, 0.5) is 13.2 Å². The van der Waals surface area contributed by atoms with Crippen LogP contribution in [0, 0.1) is 0 Å². The van der Waals surface area contributed by atoms with E-state index in [0.29, 0.717) is 0 Å². The van der Waals surface area contributed by atoms with E-state index in [1.807, 2.05) is 0 Å². The van der Waals surface area contributed by atoms with Crippen LogP contribution in [0.1, 0.15) is 6.42 Å². The Kier molecular flexibility index (Phi) is 4.22. The van der Waals surface area contributed by atoms with Gasteiger partial charge >= 0.3 is 12.1 Å². The number of hydrogen-bond donors (Lipinski definition) is 1. The normalized spacial score (nSPS) is 13.2. The topological polar surface area (TPSA) is 46.5 Å². The van der Waals surface area contributed by atoms with Gasteiger partial charge < -0.3 is 9.84 Å². The molecule has 1 rings (SSSR count). The van der Waals surface area contributed by atoms with E-state index in [0.717, 1.165) is 0 Å². The van der Waals surface area contributed by atoms with Crippen LogP contribution in [0.15, 0.2) is 24.3 Å². The molecule has 3 nitrogen and oxygen atoms in total. The van der Waals surface area contributed by atoms with Crippen molar-refractivity contribution < 1.29 is 27.8 Å². The molecule has 1 atom stereocenters. The maximum absolute atomic E-state index is 12.5. The van der Waals surface area contributed by atoms with Crippen LogP contribution in [0.2, 0.25) is 5.02 Å². The third-order valence-corrected chi connectivity index (χ3v) is 2.14. The quantitative estimate of drug-likeness (QED) is 0.912. The molecule has 7 heteroatoms. The van der Waals surface area contributed by atoms with Gasteiger partial charge in [0, 0.05) is 0 Å². The summed E-state index contributed by atoms with van der Waals surface area (Å²) in [4.78, 5) is 10.3. The zero-order chi connectivity index (χ0) is 13.1. The van der Waals surface area contributed by atoms with Crippen molar-refractivity contribution in [3.8, 4) is 5.75 Å². The van der Waals surface area contributed by atoms with Crippen LogP contribution in [0.3, 0.4) is 0 Å². The Hall–Kier alpha value is -1.43. The van der Waals surface area contributed by atoms with Crippen molar-refractivity contribution in [2.24, 2.45) is 0 Å².